The highest BCUT2D eigenvalue weighted by Gasteiger charge is 2.24. The van der Waals surface area contributed by atoms with Crippen LogP contribution in [0.2, 0.25) is 0 Å². The van der Waals surface area contributed by atoms with Gasteiger partial charge in [-0.3, -0.25) is 0 Å². The average molecular weight is 235 g/mol. The van der Waals surface area contributed by atoms with Crippen LogP contribution in [0.5, 0.6) is 0 Å². The van der Waals surface area contributed by atoms with E-state index in [1.807, 2.05) is 6.92 Å². The van der Waals surface area contributed by atoms with E-state index in [2.05, 4.69) is 45.1 Å². The van der Waals surface area contributed by atoms with Crippen LogP contribution < -0.4 is 5.32 Å². The second-order valence-corrected chi connectivity index (χ2v) is 5.20. The molecule has 96 valence electrons. The lowest BCUT2D eigenvalue weighted by Gasteiger charge is -2.27. The molecule has 1 atom stereocenters. The number of aliphatic hydroxyl groups is 1. The first-order valence-electron chi connectivity index (χ1n) is 6.40. The Morgan fingerprint density at radius 3 is 2.29 bits per heavy atom. The molecular formula is C15H25NO. The molecule has 0 heterocycles. The van der Waals surface area contributed by atoms with Gasteiger partial charge in [0.1, 0.15) is 0 Å². The topological polar surface area (TPSA) is 32.3 Å². The first-order valence-corrected chi connectivity index (χ1v) is 6.40. The van der Waals surface area contributed by atoms with Gasteiger partial charge in [0.05, 0.1) is 5.60 Å². The summed E-state index contributed by atoms with van der Waals surface area (Å²) in [6.07, 6.45) is 1.09. The Bertz CT molecular complexity index is 383. The Balaban J connectivity index is 2.93. The van der Waals surface area contributed by atoms with E-state index in [4.69, 9.17) is 0 Å². The van der Waals surface area contributed by atoms with Crippen LogP contribution in [-0.2, 0) is 5.60 Å². The summed E-state index contributed by atoms with van der Waals surface area (Å²) in [4.78, 5) is 0. The summed E-state index contributed by atoms with van der Waals surface area (Å²) in [5, 5.41) is 13.8. The monoisotopic (exact) mass is 235 g/mol. The fourth-order valence-corrected chi connectivity index (χ4v) is 2.14. The smallest absolute Gasteiger partial charge is 0.0994 e. The van der Waals surface area contributed by atoms with Gasteiger partial charge in [0, 0.05) is 6.54 Å². The molecule has 0 bridgehead atoms. The Kier molecular flexibility index (Phi) is 4.72. The van der Waals surface area contributed by atoms with Crippen molar-refractivity contribution in [1.82, 2.24) is 5.32 Å². The maximum absolute atomic E-state index is 10.5. The van der Waals surface area contributed by atoms with Crippen LogP contribution in [0.3, 0.4) is 0 Å². The van der Waals surface area contributed by atoms with E-state index in [1.54, 1.807) is 0 Å². The van der Waals surface area contributed by atoms with Gasteiger partial charge in [-0.05, 0) is 62.9 Å². The first kappa shape index (κ1) is 14.2. The van der Waals surface area contributed by atoms with Crippen molar-refractivity contribution in [3.8, 4) is 0 Å². The lowest BCUT2D eigenvalue weighted by molar-refractivity contribution is 0.0565. The van der Waals surface area contributed by atoms with E-state index in [-0.39, 0.29) is 0 Å². The maximum atomic E-state index is 10.5. The van der Waals surface area contributed by atoms with E-state index in [1.165, 1.54) is 11.1 Å². The maximum Gasteiger partial charge on any atom is 0.0994 e. The van der Waals surface area contributed by atoms with E-state index in [9.17, 15) is 5.11 Å². The molecule has 0 aliphatic heterocycles. The zero-order valence-electron chi connectivity index (χ0n) is 11.7. The second kappa shape index (κ2) is 5.65. The molecule has 0 spiro atoms. The average Bonchev–Trinajstić information content (AvgIpc) is 2.23. The van der Waals surface area contributed by atoms with Gasteiger partial charge in [0.2, 0.25) is 0 Å². The standard InChI is InChI=1S/C15H25NO/c1-6-7-16-10-15(5,17)14-9-12(3)11(2)8-13(14)4/h8-9,16-17H,6-7,10H2,1-5H3. The second-order valence-electron chi connectivity index (χ2n) is 5.20. The van der Waals surface area contributed by atoms with Crippen molar-refractivity contribution in [3.63, 3.8) is 0 Å². The fourth-order valence-electron chi connectivity index (χ4n) is 2.14. The lowest BCUT2D eigenvalue weighted by atomic mass is 9.89. The summed E-state index contributed by atoms with van der Waals surface area (Å²) >= 11 is 0. The number of benzene rings is 1. The molecule has 2 N–H and O–H groups in total. The van der Waals surface area contributed by atoms with Gasteiger partial charge < -0.3 is 10.4 Å². The summed E-state index contributed by atoms with van der Waals surface area (Å²) in [6, 6.07) is 4.26. The van der Waals surface area contributed by atoms with Crippen LogP contribution in [0, 0.1) is 20.8 Å². The highest BCUT2D eigenvalue weighted by Crippen LogP contribution is 2.26. The van der Waals surface area contributed by atoms with Gasteiger partial charge in [-0.15, -0.1) is 0 Å². The third kappa shape index (κ3) is 3.55. The molecule has 1 aromatic carbocycles. The van der Waals surface area contributed by atoms with Crippen LogP contribution in [0.4, 0.5) is 0 Å². The first-order chi connectivity index (χ1) is 7.88. The molecular weight excluding hydrogens is 210 g/mol. The number of nitrogens with one attached hydrogen (secondary N) is 1. The minimum absolute atomic E-state index is 0.601. The molecule has 17 heavy (non-hydrogen) atoms. The molecule has 2 nitrogen and oxygen atoms in total. The molecule has 1 aromatic rings. The van der Waals surface area contributed by atoms with E-state index >= 15 is 0 Å². The van der Waals surface area contributed by atoms with E-state index in [0.717, 1.165) is 24.1 Å². The van der Waals surface area contributed by atoms with Gasteiger partial charge in [-0.1, -0.05) is 19.1 Å². The van der Waals surface area contributed by atoms with Crippen molar-refractivity contribution in [1.29, 1.82) is 0 Å². The van der Waals surface area contributed by atoms with Crippen LogP contribution in [0.1, 0.15) is 42.5 Å². The lowest BCUT2D eigenvalue weighted by Crippen LogP contribution is -2.36. The van der Waals surface area contributed by atoms with Crippen molar-refractivity contribution >= 4 is 0 Å². The predicted molar refractivity (Wildman–Crippen MR) is 73.4 cm³/mol. The van der Waals surface area contributed by atoms with E-state index < -0.39 is 5.60 Å². The van der Waals surface area contributed by atoms with Crippen molar-refractivity contribution in [3.05, 3.63) is 34.4 Å². The number of rotatable bonds is 5. The number of hydrogen-bond acceptors (Lipinski definition) is 2. The van der Waals surface area contributed by atoms with E-state index in [0.29, 0.717) is 6.54 Å². The van der Waals surface area contributed by atoms with Crippen molar-refractivity contribution in [2.75, 3.05) is 13.1 Å². The molecule has 1 unspecified atom stereocenters. The largest absolute Gasteiger partial charge is 0.384 e. The summed E-state index contributed by atoms with van der Waals surface area (Å²) in [5.74, 6) is 0. The Morgan fingerprint density at radius 1 is 1.12 bits per heavy atom. The molecule has 0 aliphatic carbocycles. The zero-order valence-corrected chi connectivity index (χ0v) is 11.7. The van der Waals surface area contributed by atoms with Crippen LogP contribution in [-0.4, -0.2) is 18.2 Å². The minimum atomic E-state index is -0.794. The van der Waals surface area contributed by atoms with Crippen LogP contribution >= 0.6 is 0 Å². The number of aryl methyl sites for hydroxylation is 3. The summed E-state index contributed by atoms with van der Waals surface area (Å²) in [7, 11) is 0. The molecule has 0 amide bonds. The molecule has 0 saturated carbocycles. The third-order valence-corrected chi connectivity index (χ3v) is 3.32. The highest BCUT2D eigenvalue weighted by atomic mass is 16.3. The molecule has 0 radical (unpaired) electrons. The number of hydrogen-bond donors (Lipinski definition) is 2. The fraction of sp³-hybridized carbons (Fsp3) is 0.600. The highest BCUT2D eigenvalue weighted by molar-refractivity contribution is 5.39. The molecule has 0 fully saturated rings. The van der Waals surface area contributed by atoms with Crippen molar-refractivity contribution in [2.45, 2.75) is 46.6 Å². The Hall–Kier alpha value is -0.860. The molecule has 1 rings (SSSR count). The SMILES string of the molecule is CCCNCC(C)(O)c1cc(C)c(C)cc1C. The summed E-state index contributed by atoms with van der Waals surface area (Å²) in [5.41, 5.74) is 3.92. The van der Waals surface area contributed by atoms with Gasteiger partial charge >= 0.3 is 0 Å². The zero-order chi connectivity index (χ0) is 13.1. The van der Waals surface area contributed by atoms with Gasteiger partial charge in [-0.2, -0.15) is 0 Å². The van der Waals surface area contributed by atoms with Gasteiger partial charge in [-0.25, -0.2) is 0 Å². The molecule has 0 aromatic heterocycles. The third-order valence-electron chi connectivity index (χ3n) is 3.32. The molecule has 2 heteroatoms. The minimum Gasteiger partial charge on any atom is -0.384 e. The molecule has 0 saturated heterocycles. The van der Waals surface area contributed by atoms with Crippen LogP contribution in [0.15, 0.2) is 12.1 Å². The normalized spacial score (nSPS) is 14.7. The Labute approximate surface area is 105 Å². The summed E-state index contributed by atoms with van der Waals surface area (Å²) < 4.78 is 0. The molecule has 0 aliphatic rings. The predicted octanol–water partition coefficient (Wildman–Crippen LogP) is 2.82. The van der Waals surface area contributed by atoms with Gasteiger partial charge in [0.25, 0.3) is 0 Å². The van der Waals surface area contributed by atoms with Crippen LogP contribution in [0.25, 0.3) is 0 Å². The summed E-state index contributed by atoms with van der Waals surface area (Å²) in [6.45, 7) is 11.8. The van der Waals surface area contributed by atoms with Crippen molar-refractivity contribution in [2.24, 2.45) is 0 Å². The Morgan fingerprint density at radius 2 is 1.71 bits per heavy atom. The van der Waals surface area contributed by atoms with Crippen molar-refractivity contribution < 1.29 is 5.11 Å². The quantitative estimate of drug-likeness (QED) is 0.769. The van der Waals surface area contributed by atoms with Gasteiger partial charge in [0.15, 0.2) is 0 Å².